The van der Waals surface area contributed by atoms with Gasteiger partial charge >= 0.3 is 0 Å². The summed E-state index contributed by atoms with van der Waals surface area (Å²) in [7, 11) is 0. The van der Waals surface area contributed by atoms with E-state index in [1.165, 1.54) is 35.6 Å². The molecule has 0 unspecified atom stereocenters. The molecule has 150 valence electrons. The molecule has 0 fully saturated rings. The number of hydrazine groups is 1. The third kappa shape index (κ3) is 5.66. The van der Waals surface area contributed by atoms with E-state index in [-0.39, 0.29) is 11.3 Å². The molecule has 0 aliphatic carbocycles. The Morgan fingerprint density at radius 1 is 1.14 bits per heavy atom. The molecule has 3 N–H and O–H groups in total. The zero-order valence-corrected chi connectivity index (χ0v) is 17.4. The van der Waals surface area contributed by atoms with Gasteiger partial charge in [-0.05, 0) is 36.8 Å². The number of nitrogens with one attached hydrogen (secondary N) is 3. The predicted octanol–water partition coefficient (Wildman–Crippen LogP) is 3.94. The normalized spacial score (nSPS) is 10.4. The van der Waals surface area contributed by atoms with E-state index in [2.05, 4.69) is 26.4 Å². The molecule has 1 heterocycles. The number of hydrogen-bond donors (Lipinski definition) is 3. The van der Waals surface area contributed by atoms with Crippen LogP contribution in [-0.2, 0) is 4.79 Å². The Kier molecular flexibility index (Phi) is 7.02. The molecule has 1 aromatic heterocycles. The van der Waals surface area contributed by atoms with Gasteiger partial charge in [0.2, 0.25) is 11.0 Å². The highest BCUT2D eigenvalue weighted by atomic mass is 35.5. The van der Waals surface area contributed by atoms with Crippen molar-refractivity contribution in [3.63, 3.8) is 0 Å². The molecule has 0 atom stereocenters. The van der Waals surface area contributed by atoms with Gasteiger partial charge in [-0.25, -0.2) is 4.39 Å². The van der Waals surface area contributed by atoms with Crippen LogP contribution >= 0.6 is 34.7 Å². The number of halogens is 2. The number of nitrogens with zero attached hydrogens (tertiary/aromatic N) is 2. The number of carbonyl (C=O) groups excluding carboxylic acids is 2. The van der Waals surface area contributed by atoms with E-state index in [9.17, 15) is 14.0 Å². The molecule has 3 aromatic rings. The third-order valence-corrected chi connectivity index (χ3v) is 6.06. The molecule has 2 aromatic carbocycles. The maximum absolute atomic E-state index is 13.5. The fourth-order valence-electron chi connectivity index (χ4n) is 2.18. The van der Waals surface area contributed by atoms with Crippen molar-refractivity contribution < 1.29 is 14.0 Å². The molecule has 0 spiro atoms. The van der Waals surface area contributed by atoms with E-state index in [0.29, 0.717) is 14.5 Å². The maximum atomic E-state index is 13.5. The molecule has 2 amide bonds. The largest absolute Gasteiger partial charge is 0.330 e. The van der Waals surface area contributed by atoms with Gasteiger partial charge in [0, 0.05) is 10.7 Å². The van der Waals surface area contributed by atoms with Crippen molar-refractivity contribution in [2.75, 3.05) is 11.1 Å². The van der Waals surface area contributed by atoms with Crippen molar-refractivity contribution in [1.82, 2.24) is 21.0 Å². The highest BCUT2D eigenvalue weighted by Gasteiger charge is 2.13. The molecule has 3 rings (SSSR count). The number of amides is 2. The second-order valence-electron chi connectivity index (χ2n) is 5.68. The summed E-state index contributed by atoms with van der Waals surface area (Å²) in [6.45, 7) is 1.89. The van der Waals surface area contributed by atoms with Crippen molar-refractivity contribution in [2.45, 2.75) is 11.3 Å². The van der Waals surface area contributed by atoms with Crippen LogP contribution in [0.4, 0.5) is 15.2 Å². The highest BCUT2D eigenvalue weighted by Crippen LogP contribution is 2.30. The lowest BCUT2D eigenvalue weighted by Gasteiger charge is -2.07. The SMILES string of the molecule is Cc1c(Cl)cccc1Nc1nnc(SCC(=O)NNC(=O)c2ccccc2F)s1. The second kappa shape index (κ2) is 9.68. The number of aromatic nitrogens is 2. The zero-order valence-electron chi connectivity index (χ0n) is 15.0. The van der Waals surface area contributed by atoms with Crippen LogP contribution in [0.25, 0.3) is 0 Å². The number of thioether (sulfide) groups is 1. The Morgan fingerprint density at radius 2 is 1.93 bits per heavy atom. The van der Waals surface area contributed by atoms with Crippen LogP contribution in [0.5, 0.6) is 0 Å². The molecule has 0 saturated heterocycles. The monoisotopic (exact) mass is 451 g/mol. The Bertz CT molecular complexity index is 1050. The lowest BCUT2D eigenvalue weighted by Crippen LogP contribution is -2.42. The molecule has 7 nitrogen and oxygen atoms in total. The van der Waals surface area contributed by atoms with Crippen molar-refractivity contribution in [3.8, 4) is 0 Å². The summed E-state index contributed by atoms with van der Waals surface area (Å²) < 4.78 is 14.1. The average Bonchev–Trinajstić information content (AvgIpc) is 3.16. The molecule has 29 heavy (non-hydrogen) atoms. The molecule has 0 radical (unpaired) electrons. The first kappa shape index (κ1) is 21.0. The number of anilines is 2. The Morgan fingerprint density at radius 3 is 2.72 bits per heavy atom. The number of rotatable bonds is 6. The van der Waals surface area contributed by atoms with Crippen molar-refractivity contribution in [1.29, 1.82) is 0 Å². The van der Waals surface area contributed by atoms with Gasteiger partial charge in [0.15, 0.2) is 4.34 Å². The molecule has 11 heteroatoms. The van der Waals surface area contributed by atoms with E-state index < -0.39 is 17.6 Å². The van der Waals surface area contributed by atoms with Crippen molar-refractivity contribution in [3.05, 3.63) is 64.4 Å². The minimum atomic E-state index is -0.735. The summed E-state index contributed by atoms with van der Waals surface area (Å²) in [6, 6.07) is 11.0. The molecule has 0 aliphatic rings. The van der Waals surface area contributed by atoms with Crippen LogP contribution in [0, 0.1) is 12.7 Å². The van der Waals surface area contributed by atoms with E-state index in [0.717, 1.165) is 23.0 Å². The van der Waals surface area contributed by atoms with Crippen LogP contribution in [0.15, 0.2) is 46.8 Å². The Hall–Kier alpha value is -2.69. The quantitative estimate of drug-likeness (QED) is 0.388. The van der Waals surface area contributed by atoms with Crippen molar-refractivity contribution in [2.24, 2.45) is 0 Å². The first-order valence-electron chi connectivity index (χ1n) is 8.26. The number of hydrogen-bond acceptors (Lipinski definition) is 7. The van der Waals surface area contributed by atoms with Gasteiger partial charge in [-0.1, -0.05) is 52.9 Å². The minimum Gasteiger partial charge on any atom is -0.330 e. The van der Waals surface area contributed by atoms with Gasteiger partial charge in [0.05, 0.1) is 11.3 Å². The summed E-state index contributed by atoms with van der Waals surface area (Å²) >= 11 is 8.53. The first-order valence-corrected chi connectivity index (χ1v) is 10.4. The van der Waals surface area contributed by atoms with Crippen LogP contribution in [0.3, 0.4) is 0 Å². The molecular weight excluding hydrogens is 437 g/mol. The fourth-order valence-corrected chi connectivity index (χ4v) is 3.92. The second-order valence-corrected chi connectivity index (χ2v) is 8.29. The van der Waals surface area contributed by atoms with Crippen LogP contribution in [0.2, 0.25) is 5.02 Å². The van der Waals surface area contributed by atoms with Crippen LogP contribution < -0.4 is 16.2 Å². The Balaban J connectivity index is 1.48. The smallest absolute Gasteiger partial charge is 0.272 e. The van der Waals surface area contributed by atoms with E-state index in [4.69, 9.17) is 11.6 Å². The maximum Gasteiger partial charge on any atom is 0.272 e. The van der Waals surface area contributed by atoms with Gasteiger partial charge < -0.3 is 5.32 Å². The van der Waals surface area contributed by atoms with Gasteiger partial charge in [0.25, 0.3) is 5.91 Å². The first-order chi connectivity index (χ1) is 13.9. The van der Waals surface area contributed by atoms with Gasteiger partial charge in [0.1, 0.15) is 5.82 Å². The standard InChI is InChI=1S/C18H15ClFN5O2S2/c1-10-12(19)6-4-8-14(10)21-17-24-25-18(29-17)28-9-15(26)22-23-16(27)11-5-2-3-7-13(11)20/h2-8H,9H2,1H3,(H,21,24)(H,22,26)(H,23,27). The zero-order chi connectivity index (χ0) is 20.8. The minimum absolute atomic E-state index is 0.00236. The Labute approximate surface area is 179 Å². The summed E-state index contributed by atoms with van der Waals surface area (Å²) in [5.41, 5.74) is 5.97. The lowest BCUT2D eigenvalue weighted by molar-refractivity contribution is -0.119. The number of carbonyl (C=O) groups is 2. The summed E-state index contributed by atoms with van der Waals surface area (Å²) in [5, 5.41) is 12.4. The summed E-state index contributed by atoms with van der Waals surface area (Å²) in [6.07, 6.45) is 0. The summed E-state index contributed by atoms with van der Waals surface area (Å²) in [5.74, 6) is -1.86. The number of benzene rings is 2. The van der Waals surface area contributed by atoms with Gasteiger partial charge in [-0.15, -0.1) is 10.2 Å². The predicted molar refractivity (Wildman–Crippen MR) is 112 cm³/mol. The van der Waals surface area contributed by atoms with Crippen LogP contribution in [0.1, 0.15) is 15.9 Å². The van der Waals surface area contributed by atoms with Gasteiger partial charge in [-0.3, -0.25) is 20.4 Å². The van der Waals surface area contributed by atoms with E-state index in [1.807, 2.05) is 19.1 Å². The molecule has 0 bridgehead atoms. The molecule has 0 aliphatic heterocycles. The van der Waals surface area contributed by atoms with E-state index >= 15 is 0 Å². The topological polar surface area (TPSA) is 96.0 Å². The lowest BCUT2D eigenvalue weighted by atomic mass is 10.2. The van der Waals surface area contributed by atoms with Gasteiger partial charge in [-0.2, -0.15) is 0 Å². The van der Waals surface area contributed by atoms with Crippen LogP contribution in [-0.4, -0.2) is 27.8 Å². The summed E-state index contributed by atoms with van der Waals surface area (Å²) in [4.78, 5) is 23.8. The van der Waals surface area contributed by atoms with Crippen molar-refractivity contribution >= 4 is 57.3 Å². The average molecular weight is 452 g/mol. The van der Waals surface area contributed by atoms with E-state index in [1.54, 1.807) is 6.07 Å². The molecule has 0 saturated carbocycles. The fraction of sp³-hybridized carbons (Fsp3) is 0.111. The third-order valence-electron chi connectivity index (χ3n) is 3.68. The molecular formula is C18H15ClFN5O2S2. The highest BCUT2D eigenvalue weighted by molar-refractivity contribution is 8.01.